The summed E-state index contributed by atoms with van der Waals surface area (Å²) >= 11 is 0. The number of hydrogen-bond donors (Lipinski definition) is 0. The van der Waals surface area contributed by atoms with Crippen molar-refractivity contribution in [3.8, 4) is 0 Å². The summed E-state index contributed by atoms with van der Waals surface area (Å²) in [7, 11) is -3.10. The first-order valence-electron chi connectivity index (χ1n) is 3.68. The first kappa shape index (κ1) is 7.79. The van der Waals surface area contributed by atoms with Gasteiger partial charge in [0.05, 0.1) is 12.2 Å². The van der Waals surface area contributed by atoms with Crippen LogP contribution >= 0.6 is 0 Å². The third-order valence-corrected chi connectivity index (χ3v) is 4.29. The van der Waals surface area contributed by atoms with E-state index in [1.807, 2.05) is 0 Å². The van der Waals surface area contributed by atoms with Gasteiger partial charge in [-0.3, -0.25) is 4.79 Å². The first-order chi connectivity index (χ1) is 5.50. The van der Waals surface area contributed by atoms with E-state index in [1.165, 1.54) is 4.90 Å². The summed E-state index contributed by atoms with van der Waals surface area (Å²) in [5.74, 6) is -0.0361. The van der Waals surface area contributed by atoms with Crippen molar-refractivity contribution in [3.63, 3.8) is 0 Å². The summed E-state index contributed by atoms with van der Waals surface area (Å²) in [6, 6.07) is 0. The maximum atomic E-state index is 11.3. The van der Waals surface area contributed by atoms with E-state index in [4.69, 9.17) is 0 Å². The summed E-state index contributed by atoms with van der Waals surface area (Å²) in [5, 5.41) is -0.546. The molecule has 0 bridgehead atoms. The van der Waals surface area contributed by atoms with Gasteiger partial charge in [-0.2, -0.15) is 0 Å². The van der Waals surface area contributed by atoms with Gasteiger partial charge >= 0.3 is 0 Å². The summed E-state index contributed by atoms with van der Waals surface area (Å²) in [6.45, 7) is 4.01. The minimum absolute atomic E-state index is 0.0431. The SMILES string of the molecule is C=C1CN2C(=O)C[C@@H]2S(=O)(=O)C1. The second-order valence-electron chi connectivity index (χ2n) is 3.24. The molecule has 12 heavy (non-hydrogen) atoms. The summed E-state index contributed by atoms with van der Waals surface area (Å²) in [5.41, 5.74) is 0.610. The lowest BCUT2D eigenvalue weighted by Crippen LogP contribution is -2.60. The Hall–Kier alpha value is -0.840. The van der Waals surface area contributed by atoms with Crippen LogP contribution in [0.2, 0.25) is 0 Å². The predicted octanol–water partition coefficient (Wildman–Crippen LogP) is -0.471. The van der Waals surface area contributed by atoms with E-state index in [9.17, 15) is 13.2 Å². The number of fused-ring (bicyclic) bond motifs is 1. The lowest BCUT2D eigenvalue weighted by atomic mass is 10.1. The zero-order valence-electron chi connectivity index (χ0n) is 6.49. The summed E-state index contributed by atoms with van der Waals surface area (Å²) in [4.78, 5) is 12.3. The van der Waals surface area contributed by atoms with Gasteiger partial charge in [-0.1, -0.05) is 6.58 Å². The molecule has 1 amide bonds. The first-order valence-corrected chi connectivity index (χ1v) is 5.40. The molecule has 0 aromatic heterocycles. The van der Waals surface area contributed by atoms with Crippen LogP contribution in [0.1, 0.15) is 6.42 Å². The van der Waals surface area contributed by atoms with Crippen molar-refractivity contribution in [1.29, 1.82) is 0 Å². The highest BCUT2D eigenvalue weighted by Crippen LogP contribution is 2.30. The maximum Gasteiger partial charge on any atom is 0.227 e. The Morgan fingerprint density at radius 1 is 1.50 bits per heavy atom. The molecule has 2 rings (SSSR count). The van der Waals surface area contributed by atoms with Crippen LogP contribution in [-0.2, 0) is 14.6 Å². The monoisotopic (exact) mass is 187 g/mol. The van der Waals surface area contributed by atoms with Crippen molar-refractivity contribution in [2.24, 2.45) is 0 Å². The van der Waals surface area contributed by atoms with Crippen LogP contribution in [0, 0.1) is 0 Å². The smallest absolute Gasteiger partial charge is 0.227 e. The summed E-state index contributed by atoms with van der Waals surface area (Å²) in [6.07, 6.45) is 0.162. The predicted molar refractivity (Wildman–Crippen MR) is 43.0 cm³/mol. The molecule has 0 saturated carbocycles. The van der Waals surface area contributed by atoms with Gasteiger partial charge in [-0.25, -0.2) is 8.42 Å². The molecular formula is C7H9NO3S. The molecule has 1 atom stereocenters. The molecule has 0 spiro atoms. The van der Waals surface area contributed by atoms with Crippen LogP contribution in [0.15, 0.2) is 12.2 Å². The lowest BCUT2D eigenvalue weighted by Gasteiger charge is -2.43. The van der Waals surface area contributed by atoms with Gasteiger partial charge in [0, 0.05) is 6.54 Å². The largest absolute Gasteiger partial charge is 0.321 e. The normalized spacial score (nSPS) is 32.7. The molecule has 2 saturated heterocycles. The molecule has 2 fully saturated rings. The van der Waals surface area contributed by atoms with Crippen LogP contribution in [0.4, 0.5) is 0 Å². The van der Waals surface area contributed by atoms with Gasteiger partial charge < -0.3 is 4.90 Å². The third-order valence-electron chi connectivity index (χ3n) is 2.23. The number of nitrogens with zero attached hydrogens (tertiary/aromatic N) is 1. The molecule has 5 heteroatoms. The van der Waals surface area contributed by atoms with Crippen molar-refractivity contribution in [3.05, 3.63) is 12.2 Å². The van der Waals surface area contributed by atoms with Crippen molar-refractivity contribution in [2.75, 3.05) is 12.3 Å². The molecule has 4 nitrogen and oxygen atoms in total. The topological polar surface area (TPSA) is 54.5 Å². The Morgan fingerprint density at radius 2 is 2.17 bits per heavy atom. The number of rotatable bonds is 0. The van der Waals surface area contributed by atoms with E-state index < -0.39 is 15.2 Å². The van der Waals surface area contributed by atoms with Crippen LogP contribution in [0.25, 0.3) is 0 Å². The highest BCUT2D eigenvalue weighted by atomic mass is 32.2. The van der Waals surface area contributed by atoms with Gasteiger partial charge in [0.2, 0.25) is 5.91 Å². The molecule has 0 unspecified atom stereocenters. The second-order valence-corrected chi connectivity index (χ2v) is 5.40. The van der Waals surface area contributed by atoms with Crippen molar-refractivity contribution in [1.82, 2.24) is 4.90 Å². The Balaban J connectivity index is 2.34. The molecular weight excluding hydrogens is 178 g/mol. The van der Waals surface area contributed by atoms with E-state index in [2.05, 4.69) is 6.58 Å². The Bertz CT molecular complexity index is 357. The van der Waals surface area contributed by atoms with Crippen LogP contribution in [0.3, 0.4) is 0 Å². The number of sulfone groups is 1. The van der Waals surface area contributed by atoms with E-state index >= 15 is 0 Å². The quantitative estimate of drug-likeness (QED) is 0.380. The number of carbonyl (C=O) groups excluding carboxylic acids is 1. The Labute approximate surface area is 70.8 Å². The summed E-state index contributed by atoms with van der Waals surface area (Å²) < 4.78 is 22.7. The Kier molecular flexibility index (Phi) is 1.36. The average molecular weight is 187 g/mol. The zero-order chi connectivity index (χ0) is 8.93. The lowest BCUT2D eigenvalue weighted by molar-refractivity contribution is -0.141. The fourth-order valence-corrected chi connectivity index (χ4v) is 3.43. The van der Waals surface area contributed by atoms with E-state index in [-0.39, 0.29) is 18.1 Å². The number of hydrogen-bond acceptors (Lipinski definition) is 3. The van der Waals surface area contributed by atoms with E-state index in [0.717, 1.165) is 0 Å². The molecule has 0 N–H and O–H groups in total. The fourth-order valence-electron chi connectivity index (χ4n) is 1.60. The minimum atomic E-state index is -3.10. The standard InChI is InChI=1S/C7H9NO3S/c1-5-3-8-6(9)2-7(8)12(10,11)4-5/h7H,1-4H2/t7-/m0/s1. The van der Waals surface area contributed by atoms with E-state index in [1.54, 1.807) is 0 Å². The van der Waals surface area contributed by atoms with Crippen molar-refractivity contribution < 1.29 is 13.2 Å². The number of β-lactam (4-membered cyclic amide) rings is 1. The fraction of sp³-hybridized carbons (Fsp3) is 0.571. The third kappa shape index (κ3) is 0.891. The molecule has 2 aliphatic heterocycles. The highest BCUT2D eigenvalue weighted by Gasteiger charge is 2.47. The molecule has 2 heterocycles. The molecule has 2 aliphatic rings. The van der Waals surface area contributed by atoms with Crippen LogP contribution in [-0.4, -0.2) is 36.9 Å². The van der Waals surface area contributed by atoms with Crippen LogP contribution < -0.4 is 0 Å². The number of amides is 1. The second kappa shape index (κ2) is 2.10. The minimum Gasteiger partial charge on any atom is -0.321 e. The molecule has 0 aromatic rings. The van der Waals surface area contributed by atoms with Crippen LogP contribution in [0.5, 0.6) is 0 Å². The molecule has 0 aromatic carbocycles. The zero-order valence-corrected chi connectivity index (χ0v) is 7.30. The molecule has 0 radical (unpaired) electrons. The molecule has 66 valence electrons. The van der Waals surface area contributed by atoms with Crippen molar-refractivity contribution in [2.45, 2.75) is 11.8 Å². The van der Waals surface area contributed by atoms with Gasteiger partial charge in [0.1, 0.15) is 5.37 Å². The van der Waals surface area contributed by atoms with Gasteiger partial charge in [-0.05, 0) is 5.57 Å². The maximum absolute atomic E-state index is 11.3. The van der Waals surface area contributed by atoms with Crippen molar-refractivity contribution >= 4 is 15.7 Å². The molecule has 0 aliphatic carbocycles. The average Bonchev–Trinajstić information content (AvgIpc) is 1.92. The van der Waals surface area contributed by atoms with Gasteiger partial charge in [0.15, 0.2) is 9.84 Å². The highest BCUT2D eigenvalue weighted by molar-refractivity contribution is 7.92. The van der Waals surface area contributed by atoms with Gasteiger partial charge in [0.25, 0.3) is 0 Å². The number of carbonyl (C=O) groups is 1. The Morgan fingerprint density at radius 3 is 2.75 bits per heavy atom. The van der Waals surface area contributed by atoms with E-state index in [0.29, 0.717) is 12.1 Å². The van der Waals surface area contributed by atoms with Gasteiger partial charge in [-0.15, -0.1) is 0 Å².